The Balaban J connectivity index is 1.74. The van der Waals surface area contributed by atoms with Gasteiger partial charge in [-0.2, -0.15) is 0 Å². The van der Waals surface area contributed by atoms with Gasteiger partial charge in [0.1, 0.15) is 11.2 Å². The molecule has 0 saturated heterocycles. The summed E-state index contributed by atoms with van der Waals surface area (Å²) >= 11 is 1.36. The molecule has 2 heterocycles. The Hall–Kier alpha value is -1.69. The van der Waals surface area contributed by atoms with Crippen molar-refractivity contribution in [3.05, 3.63) is 28.1 Å². The van der Waals surface area contributed by atoms with Crippen molar-refractivity contribution in [2.45, 2.75) is 19.4 Å². The van der Waals surface area contributed by atoms with E-state index in [1.807, 2.05) is 5.38 Å². The van der Waals surface area contributed by atoms with Crippen LogP contribution in [0.2, 0.25) is 0 Å². The Morgan fingerprint density at radius 1 is 1.56 bits per heavy atom. The summed E-state index contributed by atoms with van der Waals surface area (Å²) < 4.78 is 1.97. The summed E-state index contributed by atoms with van der Waals surface area (Å²) in [6.45, 7) is 0.772. The van der Waals surface area contributed by atoms with E-state index in [0.717, 1.165) is 6.54 Å². The van der Waals surface area contributed by atoms with Crippen molar-refractivity contribution in [3.63, 3.8) is 0 Å². The smallest absolute Gasteiger partial charge is 0.271 e. The van der Waals surface area contributed by atoms with Gasteiger partial charge in [0.25, 0.3) is 5.56 Å². The second-order valence-corrected chi connectivity index (χ2v) is 5.48. The summed E-state index contributed by atoms with van der Waals surface area (Å²) in [6.07, 6.45) is 3.83. The Bertz CT molecular complexity index is 642. The molecule has 1 fully saturated rings. The fourth-order valence-corrected chi connectivity index (χ4v) is 2.57. The highest BCUT2D eigenvalue weighted by molar-refractivity contribution is 7.17. The van der Waals surface area contributed by atoms with Crippen LogP contribution < -0.4 is 10.9 Å². The van der Waals surface area contributed by atoms with Crippen LogP contribution in [0.15, 0.2) is 22.6 Å². The van der Waals surface area contributed by atoms with Gasteiger partial charge in [-0.1, -0.05) is 0 Å². The van der Waals surface area contributed by atoms with Gasteiger partial charge >= 0.3 is 0 Å². The van der Waals surface area contributed by atoms with Gasteiger partial charge in [-0.3, -0.25) is 14.2 Å². The standard InChI is InChI=1S/C12H13N3O2S/c16-10(13-5-8-1-2-8)6-15-7-14-9-3-4-18-11(9)12(15)17/h3-4,7-8H,1-2,5-6H2,(H,13,16). The van der Waals surface area contributed by atoms with E-state index < -0.39 is 0 Å². The largest absolute Gasteiger partial charge is 0.354 e. The Morgan fingerprint density at radius 3 is 3.17 bits per heavy atom. The van der Waals surface area contributed by atoms with Crippen molar-refractivity contribution >= 4 is 27.5 Å². The van der Waals surface area contributed by atoms with Crippen molar-refractivity contribution in [3.8, 4) is 0 Å². The number of nitrogens with one attached hydrogen (secondary N) is 1. The highest BCUT2D eigenvalue weighted by Gasteiger charge is 2.21. The maximum absolute atomic E-state index is 12.0. The molecule has 18 heavy (non-hydrogen) atoms. The lowest BCUT2D eigenvalue weighted by atomic mass is 10.4. The van der Waals surface area contributed by atoms with Crippen LogP contribution in [0.4, 0.5) is 0 Å². The number of carbonyl (C=O) groups excluding carboxylic acids is 1. The van der Waals surface area contributed by atoms with E-state index in [0.29, 0.717) is 16.1 Å². The molecule has 0 atom stereocenters. The van der Waals surface area contributed by atoms with E-state index in [-0.39, 0.29) is 18.0 Å². The van der Waals surface area contributed by atoms with E-state index in [1.165, 1.54) is 35.1 Å². The lowest BCUT2D eigenvalue weighted by Crippen LogP contribution is -2.33. The van der Waals surface area contributed by atoms with Crippen molar-refractivity contribution in [1.29, 1.82) is 0 Å². The van der Waals surface area contributed by atoms with Gasteiger partial charge in [-0.05, 0) is 30.2 Å². The molecular weight excluding hydrogens is 250 g/mol. The van der Waals surface area contributed by atoms with Crippen molar-refractivity contribution in [1.82, 2.24) is 14.9 Å². The molecule has 0 unspecified atom stereocenters. The van der Waals surface area contributed by atoms with E-state index in [4.69, 9.17) is 0 Å². The number of rotatable bonds is 4. The van der Waals surface area contributed by atoms with Crippen LogP contribution in [0.25, 0.3) is 10.2 Å². The van der Waals surface area contributed by atoms with Crippen LogP contribution in [0.5, 0.6) is 0 Å². The molecule has 2 aromatic rings. The second-order valence-electron chi connectivity index (χ2n) is 4.56. The molecule has 6 heteroatoms. The van der Waals surface area contributed by atoms with Gasteiger partial charge < -0.3 is 5.32 Å². The van der Waals surface area contributed by atoms with E-state index in [9.17, 15) is 9.59 Å². The number of thiophene rings is 1. The summed E-state index contributed by atoms with van der Waals surface area (Å²) in [5, 5.41) is 4.67. The number of carbonyl (C=O) groups is 1. The molecular formula is C12H13N3O2S. The minimum absolute atomic E-state index is 0.0480. The van der Waals surface area contributed by atoms with E-state index in [2.05, 4.69) is 10.3 Å². The second kappa shape index (κ2) is 4.53. The van der Waals surface area contributed by atoms with Gasteiger partial charge in [-0.15, -0.1) is 11.3 Å². The Labute approximate surface area is 107 Å². The molecule has 0 aromatic carbocycles. The fraction of sp³-hybridized carbons (Fsp3) is 0.417. The van der Waals surface area contributed by atoms with Crippen LogP contribution in [0, 0.1) is 5.92 Å². The summed E-state index contributed by atoms with van der Waals surface area (Å²) in [5.74, 6) is 0.519. The summed E-state index contributed by atoms with van der Waals surface area (Å²) in [6, 6.07) is 1.80. The first kappa shape index (κ1) is 11.4. The third kappa shape index (κ3) is 2.28. The first-order valence-corrected chi connectivity index (χ1v) is 6.81. The van der Waals surface area contributed by atoms with Crippen molar-refractivity contribution < 1.29 is 4.79 Å². The Kier molecular flexibility index (Phi) is 2.87. The quantitative estimate of drug-likeness (QED) is 0.894. The number of nitrogens with zero attached hydrogens (tertiary/aromatic N) is 2. The number of aromatic nitrogens is 2. The molecule has 1 saturated carbocycles. The van der Waals surface area contributed by atoms with Gasteiger partial charge in [0.15, 0.2) is 0 Å². The van der Waals surface area contributed by atoms with Crippen LogP contribution in [0.1, 0.15) is 12.8 Å². The molecule has 0 aliphatic heterocycles. The Morgan fingerprint density at radius 2 is 2.39 bits per heavy atom. The molecule has 1 aliphatic rings. The number of amides is 1. The highest BCUT2D eigenvalue weighted by atomic mass is 32.1. The molecule has 1 aliphatic carbocycles. The zero-order valence-electron chi connectivity index (χ0n) is 9.76. The molecule has 3 rings (SSSR count). The minimum Gasteiger partial charge on any atom is -0.354 e. The lowest BCUT2D eigenvalue weighted by molar-refractivity contribution is -0.121. The number of fused-ring (bicyclic) bond motifs is 1. The molecule has 5 nitrogen and oxygen atoms in total. The average molecular weight is 263 g/mol. The van der Waals surface area contributed by atoms with Crippen LogP contribution in [-0.4, -0.2) is 22.0 Å². The van der Waals surface area contributed by atoms with Gasteiger partial charge in [0.05, 0.1) is 11.8 Å². The van der Waals surface area contributed by atoms with Gasteiger partial charge in [0.2, 0.25) is 5.91 Å². The van der Waals surface area contributed by atoms with Crippen LogP contribution in [0.3, 0.4) is 0 Å². The predicted octanol–water partition coefficient (Wildman–Crippen LogP) is 0.984. The van der Waals surface area contributed by atoms with Gasteiger partial charge in [0, 0.05) is 6.54 Å². The maximum atomic E-state index is 12.0. The molecule has 94 valence electrons. The summed E-state index contributed by atoms with van der Waals surface area (Å²) in [7, 11) is 0. The first-order valence-electron chi connectivity index (χ1n) is 5.93. The molecule has 1 amide bonds. The van der Waals surface area contributed by atoms with Crippen LogP contribution in [-0.2, 0) is 11.3 Å². The topological polar surface area (TPSA) is 64.0 Å². The minimum atomic E-state index is -0.142. The molecule has 0 radical (unpaired) electrons. The lowest BCUT2D eigenvalue weighted by Gasteiger charge is -2.06. The summed E-state index contributed by atoms with van der Waals surface area (Å²) in [5.41, 5.74) is 0.552. The molecule has 1 N–H and O–H groups in total. The van der Waals surface area contributed by atoms with E-state index in [1.54, 1.807) is 6.07 Å². The molecule has 0 spiro atoms. The summed E-state index contributed by atoms with van der Waals surface area (Å²) in [4.78, 5) is 27.9. The monoisotopic (exact) mass is 263 g/mol. The zero-order chi connectivity index (χ0) is 12.5. The maximum Gasteiger partial charge on any atom is 0.271 e. The van der Waals surface area contributed by atoms with Crippen molar-refractivity contribution in [2.24, 2.45) is 5.92 Å². The predicted molar refractivity (Wildman–Crippen MR) is 69.6 cm³/mol. The normalized spacial score (nSPS) is 14.9. The SMILES string of the molecule is O=C(Cn1cnc2ccsc2c1=O)NCC1CC1. The third-order valence-corrected chi connectivity index (χ3v) is 3.93. The first-order chi connectivity index (χ1) is 8.74. The van der Waals surface area contributed by atoms with Crippen LogP contribution >= 0.6 is 11.3 Å². The molecule has 0 bridgehead atoms. The van der Waals surface area contributed by atoms with Gasteiger partial charge in [-0.25, -0.2) is 4.98 Å². The number of hydrogen-bond acceptors (Lipinski definition) is 4. The fourth-order valence-electron chi connectivity index (χ4n) is 1.78. The number of hydrogen-bond donors (Lipinski definition) is 1. The zero-order valence-corrected chi connectivity index (χ0v) is 10.6. The van der Waals surface area contributed by atoms with E-state index >= 15 is 0 Å². The molecule has 2 aromatic heterocycles. The average Bonchev–Trinajstić information content (AvgIpc) is 3.06. The third-order valence-electron chi connectivity index (χ3n) is 3.03. The highest BCUT2D eigenvalue weighted by Crippen LogP contribution is 2.27. The van der Waals surface area contributed by atoms with Crippen molar-refractivity contribution in [2.75, 3.05) is 6.54 Å².